The van der Waals surface area contributed by atoms with Crippen LogP contribution in [0.5, 0.6) is 0 Å². The summed E-state index contributed by atoms with van der Waals surface area (Å²) in [6, 6.07) is 9.64. The normalized spacial score (nSPS) is 11.4. The Bertz CT molecular complexity index is 1210. The molecule has 0 aliphatic rings. The van der Waals surface area contributed by atoms with Crippen molar-refractivity contribution in [1.82, 2.24) is 25.1 Å². The highest BCUT2D eigenvalue weighted by Crippen LogP contribution is 2.30. The molecule has 4 aromatic rings. The summed E-state index contributed by atoms with van der Waals surface area (Å²) in [6.07, 6.45) is 2.36. The fourth-order valence-corrected chi connectivity index (χ4v) is 4.46. The molecule has 1 amide bonds. The van der Waals surface area contributed by atoms with E-state index >= 15 is 0 Å². The molecule has 0 saturated heterocycles. The van der Waals surface area contributed by atoms with E-state index in [-0.39, 0.29) is 11.9 Å². The minimum atomic E-state index is -0.129. The Morgan fingerprint density at radius 2 is 2.07 bits per heavy atom. The number of carbonyl (C=O) groups is 1. The Balaban J connectivity index is 1.45. The number of aromatic nitrogens is 4. The second kappa shape index (κ2) is 8.53. The van der Waals surface area contributed by atoms with Crippen LogP contribution in [0.4, 0.5) is 0 Å². The van der Waals surface area contributed by atoms with Crippen LogP contribution in [0.2, 0.25) is 5.02 Å². The van der Waals surface area contributed by atoms with Gasteiger partial charge in [-0.2, -0.15) is 5.10 Å². The Hall–Kier alpha value is -2.77. The van der Waals surface area contributed by atoms with Crippen LogP contribution in [0.3, 0.4) is 0 Å². The minimum absolute atomic E-state index is 0.129. The highest BCUT2D eigenvalue weighted by atomic mass is 35.5. The van der Waals surface area contributed by atoms with Gasteiger partial charge in [-0.3, -0.25) is 4.79 Å². The summed E-state index contributed by atoms with van der Waals surface area (Å²) in [5.74, 6) is -0.129. The molecule has 0 bridgehead atoms. The summed E-state index contributed by atoms with van der Waals surface area (Å²) >= 11 is 7.81. The van der Waals surface area contributed by atoms with Crippen LogP contribution in [0.1, 0.15) is 41.6 Å². The first kappa shape index (κ1) is 20.5. The molecular formula is C22H22ClN5OS. The number of benzene rings is 1. The quantitative estimate of drug-likeness (QED) is 0.455. The van der Waals surface area contributed by atoms with Crippen LogP contribution in [-0.2, 0) is 6.42 Å². The van der Waals surface area contributed by atoms with Crippen molar-refractivity contribution in [2.24, 2.45) is 0 Å². The zero-order valence-corrected chi connectivity index (χ0v) is 18.6. The summed E-state index contributed by atoms with van der Waals surface area (Å²) in [5, 5.41) is 11.7. The Morgan fingerprint density at radius 3 is 2.83 bits per heavy atom. The van der Waals surface area contributed by atoms with E-state index in [0.717, 1.165) is 33.0 Å². The average molecular weight is 440 g/mol. The van der Waals surface area contributed by atoms with Crippen LogP contribution in [0.25, 0.3) is 21.6 Å². The van der Waals surface area contributed by atoms with Crippen LogP contribution in [0, 0.1) is 6.92 Å². The lowest BCUT2D eigenvalue weighted by molar-refractivity contribution is 0.0955. The topological polar surface area (TPSA) is 72.7 Å². The number of nitrogens with zero attached hydrogens (tertiary/aromatic N) is 4. The molecule has 0 radical (unpaired) electrons. The van der Waals surface area contributed by atoms with Gasteiger partial charge in [0.05, 0.1) is 27.9 Å². The van der Waals surface area contributed by atoms with E-state index in [4.69, 9.17) is 11.6 Å². The molecular weight excluding hydrogens is 418 g/mol. The van der Waals surface area contributed by atoms with Crippen molar-refractivity contribution in [2.45, 2.75) is 33.2 Å². The maximum atomic E-state index is 12.8. The third-order valence-corrected chi connectivity index (χ3v) is 6.01. The fraction of sp³-hybridized carbons (Fsp3) is 0.273. The second-order valence-electron chi connectivity index (χ2n) is 7.36. The van der Waals surface area contributed by atoms with Gasteiger partial charge in [-0.25, -0.2) is 14.6 Å². The minimum Gasteiger partial charge on any atom is -0.352 e. The molecule has 154 valence electrons. The van der Waals surface area contributed by atoms with Crippen molar-refractivity contribution in [3.05, 3.63) is 63.9 Å². The van der Waals surface area contributed by atoms with E-state index in [0.29, 0.717) is 23.6 Å². The summed E-state index contributed by atoms with van der Waals surface area (Å²) in [6.45, 7) is 6.47. The number of hydrogen-bond donors (Lipinski definition) is 1. The number of halogens is 1. The van der Waals surface area contributed by atoms with E-state index < -0.39 is 0 Å². The first-order valence-electron chi connectivity index (χ1n) is 9.76. The van der Waals surface area contributed by atoms with Gasteiger partial charge in [-0.15, -0.1) is 11.3 Å². The van der Waals surface area contributed by atoms with Crippen LogP contribution < -0.4 is 5.32 Å². The monoisotopic (exact) mass is 439 g/mol. The van der Waals surface area contributed by atoms with E-state index in [2.05, 4.69) is 20.4 Å². The van der Waals surface area contributed by atoms with Crippen molar-refractivity contribution in [3.8, 4) is 10.6 Å². The summed E-state index contributed by atoms with van der Waals surface area (Å²) in [4.78, 5) is 22.1. The number of thiazole rings is 1. The van der Waals surface area contributed by atoms with E-state index in [1.165, 1.54) is 0 Å². The molecule has 0 unspecified atom stereocenters. The molecule has 30 heavy (non-hydrogen) atoms. The Labute approximate surface area is 183 Å². The van der Waals surface area contributed by atoms with Crippen LogP contribution >= 0.6 is 22.9 Å². The number of rotatable bonds is 6. The number of aryl methyl sites for hydroxylation is 1. The molecule has 0 saturated carbocycles. The number of fused-ring (bicyclic) bond motifs is 1. The number of pyridine rings is 1. The number of hydrogen-bond acceptors (Lipinski definition) is 5. The molecule has 1 N–H and O–H groups in total. The Kier molecular flexibility index (Phi) is 5.83. The maximum absolute atomic E-state index is 12.8. The zero-order chi connectivity index (χ0) is 21.3. The first-order valence-corrected chi connectivity index (χ1v) is 11.0. The average Bonchev–Trinajstić information content (AvgIpc) is 3.34. The molecule has 0 spiro atoms. The van der Waals surface area contributed by atoms with Crippen molar-refractivity contribution in [2.75, 3.05) is 6.54 Å². The van der Waals surface area contributed by atoms with Gasteiger partial charge in [0.1, 0.15) is 5.01 Å². The van der Waals surface area contributed by atoms with Gasteiger partial charge in [0, 0.05) is 35.6 Å². The summed E-state index contributed by atoms with van der Waals surface area (Å²) in [7, 11) is 0. The van der Waals surface area contributed by atoms with Crippen molar-refractivity contribution < 1.29 is 4.79 Å². The fourth-order valence-electron chi connectivity index (χ4n) is 3.29. The molecule has 8 heteroatoms. The first-order chi connectivity index (χ1) is 14.4. The predicted octanol–water partition coefficient (Wildman–Crippen LogP) is 5.07. The van der Waals surface area contributed by atoms with Gasteiger partial charge in [0.15, 0.2) is 5.65 Å². The molecule has 3 heterocycles. The van der Waals surface area contributed by atoms with Gasteiger partial charge >= 0.3 is 0 Å². The largest absolute Gasteiger partial charge is 0.352 e. The third kappa shape index (κ3) is 4.08. The maximum Gasteiger partial charge on any atom is 0.252 e. The SMILES string of the molecule is Cc1cc(C(=O)NCCc2csc(-c3ccccc3Cl)n2)c2cnn(C(C)C)c2n1. The molecule has 1 aromatic carbocycles. The lowest BCUT2D eigenvalue weighted by atomic mass is 10.1. The molecule has 4 rings (SSSR count). The van der Waals surface area contributed by atoms with Gasteiger partial charge in [-0.05, 0) is 32.9 Å². The molecule has 0 aliphatic carbocycles. The summed E-state index contributed by atoms with van der Waals surface area (Å²) in [5.41, 5.74) is 3.98. The highest BCUT2D eigenvalue weighted by Gasteiger charge is 2.17. The van der Waals surface area contributed by atoms with E-state index in [1.54, 1.807) is 17.5 Å². The van der Waals surface area contributed by atoms with Gasteiger partial charge in [0.25, 0.3) is 5.91 Å². The molecule has 0 aliphatic heterocycles. The van der Waals surface area contributed by atoms with Crippen LogP contribution in [-0.4, -0.2) is 32.2 Å². The number of carbonyl (C=O) groups excluding carboxylic acids is 1. The van der Waals surface area contributed by atoms with E-state index in [1.807, 2.05) is 61.2 Å². The lowest BCUT2D eigenvalue weighted by Crippen LogP contribution is -2.26. The molecule has 6 nitrogen and oxygen atoms in total. The lowest BCUT2D eigenvalue weighted by Gasteiger charge is -2.09. The van der Waals surface area contributed by atoms with Crippen molar-refractivity contribution in [1.29, 1.82) is 0 Å². The van der Waals surface area contributed by atoms with Gasteiger partial charge in [-0.1, -0.05) is 29.8 Å². The smallest absolute Gasteiger partial charge is 0.252 e. The standard InChI is InChI=1S/C22H22ClN5OS/c1-13(2)28-20-18(11-25-28)17(10-14(3)26-20)21(29)24-9-8-15-12-30-22(27-15)16-6-4-5-7-19(16)23/h4-7,10-13H,8-9H2,1-3H3,(H,24,29). The number of amides is 1. The van der Waals surface area contributed by atoms with Crippen molar-refractivity contribution >= 4 is 39.9 Å². The van der Waals surface area contributed by atoms with Gasteiger partial charge < -0.3 is 5.32 Å². The van der Waals surface area contributed by atoms with Crippen molar-refractivity contribution in [3.63, 3.8) is 0 Å². The Morgan fingerprint density at radius 1 is 1.27 bits per heavy atom. The zero-order valence-electron chi connectivity index (χ0n) is 17.0. The van der Waals surface area contributed by atoms with Crippen LogP contribution in [0.15, 0.2) is 41.9 Å². The molecule has 3 aromatic heterocycles. The van der Waals surface area contributed by atoms with E-state index in [9.17, 15) is 4.79 Å². The third-order valence-electron chi connectivity index (χ3n) is 4.75. The predicted molar refractivity (Wildman–Crippen MR) is 121 cm³/mol. The summed E-state index contributed by atoms with van der Waals surface area (Å²) < 4.78 is 1.84. The number of nitrogens with one attached hydrogen (secondary N) is 1. The second-order valence-corrected chi connectivity index (χ2v) is 8.63. The molecule has 0 atom stereocenters. The highest BCUT2D eigenvalue weighted by molar-refractivity contribution is 7.13. The van der Waals surface area contributed by atoms with Gasteiger partial charge in [0.2, 0.25) is 0 Å². The molecule has 0 fully saturated rings.